The fraction of sp³-hybridized carbons (Fsp3) is 0.0833. The maximum absolute atomic E-state index is 11.9. The number of hydrogen-bond donors (Lipinski definition) is 3. The summed E-state index contributed by atoms with van der Waals surface area (Å²) in [4.78, 5) is 29.4. The Morgan fingerprint density at radius 1 is 1.38 bits per heavy atom. The average Bonchev–Trinajstić information content (AvgIpc) is 2.40. The molecule has 9 heteroatoms. The van der Waals surface area contributed by atoms with Crippen LogP contribution in [0.3, 0.4) is 0 Å². The molecule has 2 rings (SSSR count). The summed E-state index contributed by atoms with van der Waals surface area (Å²) in [6.07, 6.45) is 0. The zero-order chi connectivity index (χ0) is 15.4. The van der Waals surface area contributed by atoms with E-state index in [1.807, 2.05) is 0 Å². The van der Waals surface area contributed by atoms with Gasteiger partial charge in [-0.2, -0.15) is 0 Å². The van der Waals surface area contributed by atoms with Crippen LogP contribution in [0.1, 0.15) is 0 Å². The minimum atomic E-state index is -0.375. The summed E-state index contributed by atoms with van der Waals surface area (Å²) in [7, 11) is 0. The topological polar surface area (TPSA) is 101 Å². The van der Waals surface area contributed by atoms with Crippen LogP contribution < -0.4 is 16.6 Å². The van der Waals surface area contributed by atoms with Crippen molar-refractivity contribution in [1.29, 1.82) is 0 Å². The number of thioether (sulfide) groups is 1. The first kappa shape index (κ1) is 15.7. The molecule has 0 aliphatic rings. The van der Waals surface area contributed by atoms with E-state index in [2.05, 4.69) is 15.3 Å². The second-order valence-electron chi connectivity index (χ2n) is 3.91. The second kappa shape index (κ2) is 6.84. The van der Waals surface area contributed by atoms with E-state index in [1.54, 1.807) is 18.2 Å². The lowest BCUT2D eigenvalue weighted by molar-refractivity contribution is -0.113. The quantitative estimate of drug-likeness (QED) is 0.583. The molecule has 0 unspecified atom stereocenters. The number of aromatic nitrogens is 2. The van der Waals surface area contributed by atoms with Gasteiger partial charge in [0.2, 0.25) is 5.91 Å². The number of H-pyrrole nitrogens is 1. The lowest BCUT2D eigenvalue weighted by Gasteiger charge is -2.08. The summed E-state index contributed by atoms with van der Waals surface area (Å²) >= 11 is 12.9. The molecule has 1 aromatic carbocycles. The molecule has 0 spiro atoms. The van der Waals surface area contributed by atoms with Gasteiger partial charge in [0.15, 0.2) is 5.16 Å². The Balaban J connectivity index is 2.01. The van der Waals surface area contributed by atoms with Crippen LogP contribution in [0.25, 0.3) is 0 Å². The number of carbonyl (C=O) groups is 1. The third-order valence-electron chi connectivity index (χ3n) is 2.31. The maximum Gasteiger partial charge on any atom is 0.253 e. The van der Waals surface area contributed by atoms with Gasteiger partial charge in [-0.05, 0) is 12.1 Å². The molecule has 0 saturated carbocycles. The first-order chi connectivity index (χ1) is 9.95. The predicted octanol–water partition coefficient (Wildman–Crippen LogP) is 2.39. The number of halogens is 2. The molecule has 21 heavy (non-hydrogen) atoms. The maximum atomic E-state index is 11.9. The number of amides is 1. The minimum Gasteiger partial charge on any atom is -0.383 e. The smallest absolute Gasteiger partial charge is 0.253 e. The number of nitrogens with two attached hydrogens (primary N) is 1. The summed E-state index contributed by atoms with van der Waals surface area (Å²) in [5.74, 6) is -0.218. The average molecular weight is 345 g/mol. The van der Waals surface area contributed by atoms with Gasteiger partial charge in [-0.15, -0.1) is 0 Å². The molecule has 0 aliphatic heterocycles. The third-order valence-corrected chi connectivity index (χ3v) is 3.81. The number of hydrogen-bond acceptors (Lipinski definition) is 5. The third kappa shape index (κ3) is 4.38. The molecule has 0 saturated heterocycles. The Kier molecular flexibility index (Phi) is 5.11. The van der Waals surface area contributed by atoms with Crippen LogP contribution in [0.4, 0.5) is 11.5 Å². The summed E-state index contributed by atoms with van der Waals surface area (Å²) < 4.78 is 0. The lowest BCUT2D eigenvalue weighted by atomic mass is 10.3. The molecule has 0 atom stereocenters. The number of nitrogens with zero attached hydrogens (tertiary/aromatic N) is 1. The van der Waals surface area contributed by atoms with Gasteiger partial charge in [0.25, 0.3) is 5.56 Å². The number of nitrogen functional groups attached to an aromatic ring is 1. The summed E-state index contributed by atoms with van der Waals surface area (Å²) in [5, 5.41) is 3.56. The number of anilines is 2. The van der Waals surface area contributed by atoms with Crippen molar-refractivity contribution in [2.75, 3.05) is 16.8 Å². The summed E-state index contributed by atoms with van der Waals surface area (Å²) in [6.45, 7) is 0. The van der Waals surface area contributed by atoms with E-state index in [0.29, 0.717) is 15.7 Å². The molecule has 2 aromatic rings. The van der Waals surface area contributed by atoms with Gasteiger partial charge >= 0.3 is 0 Å². The van der Waals surface area contributed by atoms with Gasteiger partial charge in [-0.3, -0.25) is 9.59 Å². The van der Waals surface area contributed by atoms with Crippen LogP contribution in [0.2, 0.25) is 10.0 Å². The Hall–Kier alpha value is -1.70. The van der Waals surface area contributed by atoms with Crippen molar-refractivity contribution in [1.82, 2.24) is 9.97 Å². The first-order valence-electron chi connectivity index (χ1n) is 5.69. The Bertz CT molecular complexity index is 715. The van der Waals surface area contributed by atoms with Crippen LogP contribution in [0.15, 0.2) is 34.2 Å². The van der Waals surface area contributed by atoms with Gasteiger partial charge < -0.3 is 16.0 Å². The van der Waals surface area contributed by atoms with E-state index in [0.717, 1.165) is 17.8 Å². The lowest BCUT2D eigenvalue weighted by Crippen LogP contribution is -2.16. The Morgan fingerprint density at radius 3 is 2.67 bits per heavy atom. The van der Waals surface area contributed by atoms with Gasteiger partial charge in [-0.25, -0.2) is 4.98 Å². The molecular weight excluding hydrogens is 335 g/mol. The van der Waals surface area contributed by atoms with Crippen molar-refractivity contribution in [2.45, 2.75) is 5.16 Å². The minimum absolute atomic E-state index is 0.0218. The zero-order valence-corrected chi connectivity index (χ0v) is 12.9. The highest BCUT2D eigenvalue weighted by Gasteiger charge is 2.10. The number of carbonyl (C=O) groups excluding carboxylic acids is 1. The predicted molar refractivity (Wildman–Crippen MR) is 85.1 cm³/mol. The van der Waals surface area contributed by atoms with Crippen molar-refractivity contribution < 1.29 is 4.79 Å². The fourth-order valence-corrected chi connectivity index (χ4v) is 2.62. The van der Waals surface area contributed by atoms with Gasteiger partial charge in [0.1, 0.15) is 5.82 Å². The number of nitrogens with one attached hydrogen (secondary N) is 2. The van der Waals surface area contributed by atoms with E-state index in [1.165, 1.54) is 0 Å². The number of rotatable bonds is 4. The monoisotopic (exact) mass is 344 g/mol. The van der Waals surface area contributed by atoms with Crippen molar-refractivity contribution in [3.63, 3.8) is 0 Å². The van der Waals surface area contributed by atoms with Gasteiger partial charge in [-0.1, -0.05) is 41.0 Å². The molecule has 1 amide bonds. The molecule has 6 nitrogen and oxygen atoms in total. The van der Waals surface area contributed by atoms with Crippen LogP contribution in [0, 0.1) is 0 Å². The fourth-order valence-electron chi connectivity index (χ4n) is 1.45. The highest BCUT2D eigenvalue weighted by Crippen LogP contribution is 2.29. The SMILES string of the molecule is Nc1cc(=O)[nH]c(SCC(=O)Nc2c(Cl)cccc2Cl)n1. The first-order valence-corrected chi connectivity index (χ1v) is 7.43. The highest BCUT2D eigenvalue weighted by molar-refractivity contribution is 7.99. The molecule has 0 fully saturated rings. The van der Waals surface area contributed by atoms with E-state index < -0.39 is 0 Å². The largest absolute Gasteiger partial charge is 0.383 e. The standard InChI is InChI=1S/C12H10Cl2N4O2S/c13-6-2-1-3-7(14)11(6)17-10(20)5-21-12-16-8(15)4-9(19)18-12/h1-4H,5H2,(H,17,20)(H3,15,16,18,19). The molecule has 1 aromatic heterocycles. The van der Waals surface area contributed by atoms with Gasteiger partial charge in [0, 0.05) is 6.07 Å². The second-order valence-corrected chi connectivity index (χ2v) is 5.69. The summed E-state index contributed by atoms with van der Waals surface area (Å²) in [5.41, 5.74) is 5.42. The molecule has 4 N–H and O–H groups in total. The molecule has 110 valence electrons. The van der Waals surface area contributed by atoms with Gasteiger partial charge in [0.05, 0.1) is 21.5 Å². The van der Waals surface area contributed by atoms with Crippen LogP contribution >= 0.6 is 35.0 Å². The highest BCUT2D eigenvalue weighted by atomic mass is 35.5. The van der Waals surface area contributed by atoms with E-state index in [-0.39, 0.29) is 28.2 Å². The summed E-state index contributed by atoms with van der Waals surface area (Å²) in [6, 6.07) is 6.07. The van der Waals surface area contributed by atoms with Crippen LogP contribution in [-0.2, 0) is 4.79 Å². The van der Waals surface area contributed by atoms with E-state index in [4.69, 9.17) is 28.9 Å². The van der Waals surface area contributed by atoms with Crippen LogP contribution in [0.5, 0.6) is 0 Å². The van der Waals surface area contributed by atoms with E-state index >= 15 is 0 Å². The van der Waals surface area contributed by atoms with Crippen LogP contribution in [-0.4, -0.2) is 21.6 Å². The number of para-hydroxylation sites is 1. The molecule has 0 bridgehead atoms. The molecule has 0 radical (unpaired) electrons. The van der Waals surface area contributed by atoms with Crippen molar-refractivity contribution in [3.05, 3.63) is 44.7 Å². The molecular formula is C12H10Cl2N4O2S. The number of aromatic amines is 1. The van der Waals surface area contributed by atoms with Crippen molar-refractivity contribution >= 4 is 52.4 Å². The number of benzene rings is 1. The zero-order valence-electron chi connectivity index (χ0n) is 10.5. The Labute approximate surface area is 134 Å². The molecule has 0 aliphatic carbocycles. The van der Waals surface area contributed by atoms with Crippen molar-refractivity contribution in [3.8, 4) is 0 Å². The Morgan fingerprint density at radius 2 is 2.05 bits per heavy atom. The van der Waals surface area contributed by atoms with E-state index in [9.17, 15) is 9.59 Å². The van der Waals surface area contributed by atoms with Crippen molar-refractivity contribution in [2.24, 2.45) is 0 Å². The molecule has 1 heterocycles. The normalized spacial score (nSPS) is 10.4.